The summed E-state index contributed by atoms with van der Waals surface area (Å²) in [5.74, 6) is -0.681. The van der Waals surface area contributed by atoms with Gasteiger partial charge in [0.1, 0.15) is 0 Å². The van der Waals surface area contributed by atoms with Crippen LogP contribution in [0, 0.1) is 5.82 Å². The molecule has 7 nitrogen and oxygen atoms in total. The van der Waals surface area contributed by atoms with Gasteiger partial charge in [-0.05, 0) is 41.8 Å². The lowest BCUT2D eigenvalue weighted by Crippen LogP contribution is -2.16. The van der Waals surface area contributed by atoms with Crippen LogP contribution in [-0.2, 0) is 10.0 Å². The first-order chi connectivity index (χ1) is 16.2. The Kier molecular flexibility index (Phi) is 6.47. The van der Waals surface area contributed by atoms with E-state index in [9.17, 15) is 12.8 Å². The fourth-order valence-electron chi connectivity index (χ4n) is 3.40. The number of nitrogen functional groups attached to an aromatic ring is 1. The van der Waals surface area contributed by atoms with Gasteiger partial charge in [0.2, 0.25) is 11.8 Å². The van der Waals surface area contributed by atoms with Crippen LogP contribution in [0.1, 0.15) is 25.3 Å². The molecule has 0 fully saturated rings. The van der Waals surface area contributed by atoms with Gasteiger partial charge in [0.25, 0.3) is 10.0 Å². The van der Waals surface area contributed by atoms with Gasteiger partial charge in [-0.3, -0.25) is 0 Å². The topological polar surface area (TPSA) is 107 Å². The summed E-state index contributed by atoms with van der Waals surface area (Å²) >= 11 is 0. The summed E-state index contributed by atoms with van der Waals surface area (Å²) in [5, 5.41) is 0. The standard InChI is InChI=1S/C25H23FN4O3S/c1-16(2)19-10-3-4-11-20(19)22-15-24(33-23-13-6-5-12-21(23)26)29-25(28-22)30-34(31,32)18-9-7-8-17(27)14-18/h3-16H,27H2,1-2H3,(H,28,29,30). The highest BCUT2D eigenvalue weighted by Gasteiger charge is 2.19. The van der Waals surface area contributed by atoms with Gasteiger partial charge in [0, 0.05) is 17.3 Å². The van der Waals surface area contributed by atoms with Crippen LogP contribution in [0.25, 0.3) is 11.3 Å². The maximum Gasteiger partial charge on any atom is 0.264 e. The average molecular weight is 479 g/mol. The summed E-state index contributed by atoms with van der Waals surface area (Å²) in [6, 6.07) is 20.9. The van der Waals surface area contributed by atoms with Crippen LogP contribution in [0.2, 0.25) is 0 Å². The summed E-state index contributed by atoms with van der Waals surface area (Å²) < 4.78 is 48.2. The van der Waals surface area contributed by atoms with Gasteiger partial charge in [-0.2, -0.15) is 4.98 Å². The Morgan fingerprint density at radius 2 is 1.68 bits per heavy atom. The van der Waals surface area contributed by atoms with E-state index in [0.29, 0.717) is 11.4 Å². The molecule has 0 unspecified atom stereocenters. The Bertz CT molecular complexity index is 1440. The minimum absolute atomic E-state index is 0.0149. The van der Waals surface area contributed by atoms with Crippen LogP contribution in [0.3, 0.4) is 0 Å². The summed E-state index contributed by atoms with van der Waals surface area (Å²) in [6.07, 6.45) is 0. The van der Waals surface area contributed by atoms with E-state index in [-0.39, 0.29) is 28.4 Å². The summed E-state index contributed by atoms with van der Waals surface area (Å²) in [5.41, 5.74) is 8.25. The van der Waals surface area contributed by atoms with Crippen molar-refractivity contribution in [3.8, 4) is 22.9 Å². The van der Waals surface area contributed by atoms with Gasteiger partial charge in [-0.1, -0.05) is 56.3 Å². The number of anilines is 2. The molecule has 0 atom stereocenters. The average Bonchev–Trinajstić information content (AvgIpc) is 2.80. The van der Waals surface area contributed by atoms with Gasteiger partial charge in [0.15, 0.2) is 11.6 Å². The largest absolute Gasteiger partial charge is 0.436 e. The molecule has 0 saturated carbocycles. The van der Waals surface area contributed by atoms with Crippen molar-refractivity contribution in [2.75, 3.05) is 10.5 Å². The van der Waals surface area contributed by atoms with E-state index in [1.807, 2.05) is 38.1 Å². The predicted octanol–water partition coefficient (Wildman–Crippen LogP) is 5.58. The molecule has 3 aromatic carbocycles. The van der Waals surface area contributed by atoms with Crippen LogP contribution < -0.4 is 15.2 Å². The van der Waals surface area contributed by atoms with Crippen molar-refractivity contribution in [1.29, 1.82) is 0 Å². The number of sulfonamides is 1. The molecule has 0 aliphatic rings. The number of benzene rings is 3. The third-order valence-electron chi connectivity index (χ3n) is 5.01. The Labute approximate surface area is 197 Å². The number of ether oxygens (including phenoxy) is 1. The number of nitrogens with zero attached hydrogens (tertiary/aromatic N) is 2. The SMILES string of the molecule is CC(C)c1ccccc1-c1cc(Oc2ccccc2F)nc(NS(=O)(=O)c2cccc(N)c2)n1. The van der Waals surface area contributed by atoms with Crippen LogP contribution in [0.15, 0.2) is 83.8 Å². The molecule has 0 spiro atoms. The van der Waals surface area contributed by atoms with Crippen molar-refractivity contribution in [3.05, 3.63) is 90.2 Å². The summed E-state index contributed by atoms with van der Waals surface area (Å²) in [6.45, 7) is 4.08. The maximum atomic E-state index is 14.2. The number of nitrogens with one attached hydrogen (secondary N) is 1. The maximum absolute atomic E-state index is 14.2. The molecule has 4 rings (SSSR count). The molecule has 0 aliphatic heterocycles. The number of aromatic nitrogens is 2. The molecule has 174 valence electrons. The molecule has 3 N–H and O–H groups in total. The Hall–Kier alpha value is -3.98. The molecule has 0 amide bonds. The van der Waals surface area contributed by atoms with Gasteiger partial charge >= 0.3 is 0 Å². The molecule has 0 aliphatic carbocycles. The molecule has 34 heavy (non-hydrogen) atoms. The van der Waals surface area contributed by atoms with Crippen molar-refractivity contribution in [3.63, 3.8) is 0 Å². The summed E-state index contributed by atoms with van der Waals surface area (Å²) in [7, 11) is -4.04. The van der Waals surface area contributed by atoms with E-state index >= 15 is 0 Å². The first-order valence-electron chi connectivity index (χ1n) is 10.5. The highest BCUT2D eigenvalue weighted by molar-refractivity contribution is 7.92. The Morgan fingerprint density at radius 3 is 2.41 bits per heavy atom. The molecule has 1 heterocycles. The number of hydrogen-bond acceptors (Lipinski definition) is 6. The fraction of sp³-hybridized carbons (Fsp3) is 0.120. The molecule has 4 aromatic rings. The van der Waals surface area contributed by atoms with Gasteiger partial charge in [-0.25, -0.2) is 22.5 Å². The quantitative estimate of drug-likeness (QED) is 0.336. The second-order valence-corrected chi connectivity index (χ2v) is 9.55. The first-order valence-corrected chi connectivity index (χ1v) is 12.0. The van der Waals surface area contributed by atoms with Crippen molar-refractivity contribution < 1.29 is 17.5 Å². The van der Waals surface area contributed by atoms with Crippen molar-refractivity contribution in [1.82, 2.24) is 9.97 Å². The zero-order chi connectivity index (χ0) is 24.3. The lowest BCUT2D eigenvalue weighted by molar-refractivity contribution is 0.427. The monoisotopic (exact) mass is 478 g/mol. The zero-order valence-electron chi connectivity index (χ0n) is 18.6. The molecule has 0 bridgehead atoms. The van der Waals surface area contributed by atoms with Gasteiger partial charge in [-0.15, -0.1) is 0 Å². The molecule has 9 heteroatoms. The Morgan fingerprint density at radius 1 is 0.941 bits per heavy atom. The zero-order valence-corrected chi connectivity index (χ0v) is 19.4. The predicted molar refractivity (Wildman–Crippen MR) is 130 cm³/mol. The van der Waals surface area contributed by atoms with E-state index in [1.54, 1.807) is 18.2 Å². The van der Waals surface area contributed by atoms with Crippen LogP contribution in [0.4, 0.5) is 16.0 Å². The molecular formula is C25H23FN4O3S. The third kappa shape index (κ3) is 5.15. The lowest BCUT2D eigenvalue weighted by atomic mass is 9.95. The summed E-state index contributed by atoms with van der Waals surface area (Å²) in [4.78, 5) is 8.58. The minimum Gasteiger partial charge on any atom is -0.436 e. The molecular weight excluding hydrogens is 455 g/mol. The number of hydrogen-bond donors (Lipinski definition) is 2. The number of rotatable bonds is 7. The number of halogens is 1. The van der Waals surface area contributed by atoms with E-state index in [0.717, 1.165) is 11.1 Å². The van der Waals surface area contributed by atoms with Crippen LogP contribution in [-0.4, -0.2) is 18.4 Å². The highest BCUT2D eigenvalue weighted by atomic mass is 32.2. The number of para-hydroxylation sites is 1. The third-order valence-corrected chi connectivity index (χ3v) is 6.33. The fourth-order valence-corrected chi connectivity index (χ4v) is 4.39. The Balaban J connectivity index is 1.81. The van der Waals surface area contributed by atoms with Crippen LogP contribution >= 0.6 is 0 Å². The molecule has 1 aromatic heterocycles. The second kappa shape index (κ2) is 9.48. The van der Waals surface area contributed by atoms with Crippen molar-refractivity contribution in [2.24, 2.45) is 0 Å². The van der Waals surface area contributed by atoms with Crippen molar-refractivity contribution in [2.45, 2.75) is 24.7 Å². The smallest absolute Gasteiger partial charge is 0.264 e. The lowest BCUT2D eigenvalue weighted by Gasteiger charge is -2.15. The van der Waals surface area contributed by atoms with E-state index < -0.39 is 15.8 Å². The van der Waals surface area contributed by atoms with Gasteiger partial charge < -0.3 is 10.5 Å². The second-order valence-electron chi connectivity index (χ2n) is 7.87. The van der Waals surface area contributed by atoms with Gasteiger partial charge in [0.05, 0.1) is 10.6 Å². The van der Waals surface area contributed by atoms with Crippen LogP contribution in [0.5, 0.6) is 11.6 Å². The normalized spacial score (nSPS) is 11.4. The van der Waals surface area contributed by atoms with E-state index in [4.69, 9.17) is 10.5 Å². The van der Waals surface area contributed by atoms with E-state index in [2.05, 4.69) is 14.7 Å². The van der Waals surface area contributed by atoms with E-state index in [1.165, 1.54) is 36.4 Å². The molecule has 0 saturated heterocycles. The molecule has 0 radical (unpaired) electrons. The number of nitrogens with two attached hydrogens (primary N) is 1. The first kappa shape index (κ1) is 23.2. The highest BCUT2D eigenvalue weighted by Crippen LogP contribution is 2.32. The minimum atomic E-state index is -4.04. The van der Waals surface area contributed by atoms with Crippen molar-refractivity contribution >= 4 is 21.7 Å².